The first-order valence-electron chi connectivity index (χ1n) is 8.32. The molecule has 6 nitrogen and oxygen atoms in total. The van der Waals surface area contributed by atoms with E-state index in [2.05, 4.69) is 15.4 Å². The fourth-order valence-corrected chi connectivity index (χ4v) is 2.31. The summed E-state index contributed by atoms with van der Waals surface area (Å²) < 4.78 is 34.0. The third kappa shape index (κ3) is 6.71. The lowest BCUT2D eigenvalue weighted by Gasteiger charge is -2.10. The fraction of sp³-hybridized carbons (Fsp3) is 0.200. The zero-order chi connectivity index (χ0) is 20.5. The lowest BCUT2D eigenvalue weighted by molar-refractivity contribution is -0.116. The number of rotatable bonds is 8. The molecule has 148 valence electrons. The van der Waals surface area contributed by atoms with Crippen LogP contribution < -0.4 is 20.1 Å². The maximum atomic E-state index is 12.3. The number of methoxy groups -OCH3 is 1. The van der Waals surface area contributed by atoms with Gasteiger partial charge in [0.1, 0.15) is 0 Å². The minimum atomic E-state index is -2.95. The number of benzene rings is 2. The Morgan fingerprint density at radius 2 is 1.82 bits per heavy atom. The molecule has 8 heteroatoms. The van der Waals surface area contributed by atoms with Crippen LogP contribution in [0.2, 0.25) is 0 Å². The number of alkyl halides is 2. The van der Waals surface area contributed by atoms with Crippen molar-refractivity contribution in [1.82, 2.24) is 5.32 Å². The highest BCUT2D eigenvalue weighted by atomic mass is 19.3. The molecule has 2 aromatic rings. The molecule has 0 aromatic heterocycles. The van der Waals surface area contributed by atoms with Crippen LogP contribution in [0.25, 0.3) is 6.08 Å². The van der Waals surface area contributed by atoms with Crippen LogP contribution >= 0.6 is 0 Å². The van der Waals surface area contributed by atoms with Crippen LogP contribution in [0.15, 0.2) is 48.5 Å². The molecule has 0 aliphatic rings. The Kier molecular flexibility index (Phi) is 7.50. The van der Waals surface area contributed by atoms with E-state index in [1.54, 1.807) is 24.3 Å². The first kappa shape index (κ1) is 20.9. The molecule has 2 aromatic carbocycles. The van der Waals surface area contributed by atoms with E-state index in [0.29, 0.717) is 17.8 Å². The monoisotopic (exact) mass is 390 g/mol. The summed E-state index contributed by atoms with van der Waals surface area (Å²) in [5.74, 6) is -0.418. The Bertz CT molecular complexity index is 852. The number of hydrogen-bond acceptors (Lipinski definition) is 4. The predicted molar refractivity (Wildman–Crippen MR) is 101 cm³/mol. The average molecular weight is 390 g/mol. The third-order valence-corrected chi connectivity index (χ3v) is 3.57. The molecule has 2 rings (SSSR count). The highest BCUT2D eigenvalue weighted by Crippen LogP contribution is 2.29. The summed E-state index contributed by atoms with van der Waals surface area (Å²) in [6, 6.07) is 11.4. The summed E-state index contributed by atoms with van der Waals surface area (Å²) >= 11 is 0. The number of carbonyl (C=O) groups is 2. The Hall–Kier alpha value is -3.42. The van der Waals surface area contributed by atoms with E-state index < -0.39 is 6.61 Å². The molecule has 0 fully saturated rings. The molecule has 0 aliphatic heterocycles. The molecule has 2 amide bonds. The van der Waals surface area contributed by atoms with Gasteiger partial charge in [-0.1, -0.05) is 18.2 Å². The van der Waals surface area contributed by atoms with Crippen molar-refractivity contribution in [2.75, 3.05) is 12.4 Å². The normalized spacial score (nSPS) is 10.8. The first-order chi connectivity index (χ1) is 13.4. The number of carbonyl (C=O) groups excluding carboxylic acids is 2. The van der Waals surface area contributed by atoms with Gasteiger partial charge in [0.25, 0.3) is 0 Å². The maximum absolute atomic E-state index is 12.3. The van der Waals surface area contributed by atoms with Gasteiger partial charge in [-0.3, -0.25) is 9.59 Å². The van der Waals surface area contributed by atoms with E-state index in [-0.39, 0.29) is 23.3 Å². The van der Waals surface area contributed by atoms with Gasteiger partial charge in [0.2, 0.25) is 11.8 Å². The summed E-state index contributed by atoms with van der Waals surface area (Å²) in [6.45, 7) is -1.21. The number of halogens is 2. The topological polar surface area (TPSA) is 76.7 Å². The third-order valence-electron chi connectivity index (χ3n) is 3.57. The first-order valence-corrected chi connectivity index (χ1v) is 8.32. The van der Waals surface area contributed by atoms with Crippen LogP contribution in [0.3, 0.4) is 0 Å². The van der Waals surface area contributed by atoms with E-state index in [4.69, 9.17) is 4.74 Å². The lowest BCUT2D eigenvalue weighted by Crippen LogP contribution is -2.20. The molecule has 0 saturated heterocycles. The van der Waals surface area contributed by atoms with Crippen molar-refractivity contribution < 1.29 is 27.8 Å². The Labute approximate surface area is 161 Å². The summed E-state index contributed by atoms with van der Waals surface area (Å²) in [6.07, 6.45) is 2.86. The number of amides is 2. The smallest absolute Gasteiger partial charge is 0.387 e. The quantitative estimate of drug-likeness (QED) is 0.676. The molecule has 28 heavy (non-hydrogen) atoms. The van der Waals surface area contributed by atoms with Gasteiger partial charge in [-0.25, -0.2) is 0 Å². The highest BCUT2D eigenvalue weighted by molar-refractivity contribution is 5.91. The molecule has 0 unspecified atom stereocenters. The molecule has 0 bridgehead atoms. The van der Waals surface area contributed by atoms with Crippen LogP contribution in [-0.2, 0) is 16.1 Å². The summed E-state index contributed by atoms with van der Waals surface area (Å²) in [7, 11) is 1.34. The van der Waals surface area contributed by atoms with Crippen LogP contribution in [0.4, 0.5) is 14.5 Å². The van der Waals surface area contributed by atoms with Gasteiger partial charge in [0.15, 0.2) is 11.5 Å². The Balaban J connectivity index is 1.91. The van der Waals surface area contributed by atoms with Gasteiger partial charge in [0.05, 0.1) is 7.11 Å². The number of anilines is 1. The minimum Gasteiger partial charge on any atom is -0.493 e. The highest BCUT2D eigenvalue weighted by Gasteiger charge is 2.10. The summed E-state index contributed by atoms with van der Waals surface area (Å²) in [4.78, 5) is 22.9. The van der Waals surface area contributed by atoms with Crippen molar-refractivity contribution in [2.45, 2.75) is 20.1 Å². The van der Waals surface area contributed by atoms with Crippen molar-refractivity contribution in [2.24, 2.45) is 0 Å². The SMILES string of the molecule is COc1cc(C=CC(=O)NCc2ccc(NC(C)=O)cc2)ccc1OC(F)F. The fourth-order valence-electron chi connectivity index (χ4n) is 2.31. The molecule has 0 heterocycles. The summed E-state index contributed by atoms with van der Waals surface area (Å²) in [5, 5.41) is 5.39. The van der Waals surface area contributed by atoms with Gasteiger partial charge >= 0.3 is 6.61 Å². The van der Waals surface area contributed by atoms with Gasteiger partial charge in [-0.15, -0.1) is 0 Å². The van der Waals surface area contributed by atoms with E-state index in [1.165, 1.54) is 44.4 Å². The van der Waals surface area contributed by atoms with Crippen molar-refractivity contribution in [3.63, 3.8) is 0 Å². The Morgan fingerprint density at radius 1 is 1.11 bits per heavy atom. The van der Waals surface area contributed by atoms with Crippen LogP contribution in [-0.4, -0.2) is 25.5 Å². The molecule has 0 aliphatic carbocycles. The molecular weight excluding hydrogens is 370 g/mol. The average Bonchev–Trinajstić information content (AvgIpc) is 2.65. The van der Waals surface area contributed by atoms with Crippen molar-refractivity contribution >= 4 is 23.6 Å². The molecule has 0 saturated carbocycles. The van der Waals surface area contributed by atoms with Gasteiger partial charge in [-0.2, -0.15) is 8.78 Å². The number of hydrogen-bond donors (Lipinski definition) is 2. The predicted octanol–water partition coefficient (Wildman–Crippen LogP) is 3.58. The van der Waals surface area contributed by atoms with E-state index in [0.717, 1.165) is 5.56 Å². The summed E-state index contributed by atoms with van der Waals surface area (Å²) in [5.41, 5.74) is 2.13. The largest absolute Gasteiger partial charge is 0.493 e. The molecule has 0 spiro atoms. The van der Waals surface area contributed by atoms with Crippen molar-refractivity contribution in [1.29, 1.82) is 0 Å². The maximum Gasteiger partial charge on any atom is 0.387 e. The minimum absolute atomic E-state index is 0.0817. The van der Waals surface area contributed by atoms with E-state index in [9.17, 15) is 18.4 Å². The van der Waals surface area contributed by atoms with E-state index in [1.807, 2.05) is 0 Å². The van der Waals surface area contributed by atoms with Crippen LogP contribution in [0.5, 0.6) is 11.5 Å². The number of ether oxygens (including phenoxy) is 2. The van der Waals surface area contributed by atoms with Crippen molar-refractivity contribution in [3.8, 4) is 11.5 Å². The van der Waals surface area contributed by atoms with E-state index >= 15 is 0 Å². The van der Waals surface area contributed by atoms with Crippen molar-refractivity contribution in [3.05, 3.63) is 59.7 Å². The zero-order valence-electron chi connectivity index (χ0n) is 15.4. The zero-order valence-corrected chi connectivity index (χ0v) is 15.4. The number of nitrogens with one attached hydrogen (secondary N) is 2. The molecule has 0 atom stereocenters. The molecular formula is C20H20F2N2O4. The molecule has 2 N–H and O–H groups in total. The van der Waals surface area contributed by atoms with Gasteiger partial charge < -0.3 is 20.1 Å². The van der Waals surface area contributed by atoms with Crippen LogP contribution in [0, 0.1) is 0 Å². The second-order valence-electron chi connectivity index (χ2n) is 5.72. The van der Waals surface area contributed by atoms with Crippen LogP contribution in [0.1, 0.15) is 18.1 Å². The Morgan fingerprint density at radius 3 is 2.43 bits per heavy atom. The van der Waals surface area contributed by atoms with Gasteiger partial charge in [-0.05, 0) is 41.5 Å². The van der Waals surface area contributed by atoms with Gasteiger partial charge in [0, 0.05) is 25.2 Å². The second kappa shape index (κ2) is 10.1. The lowest BCUT2D eigenvalue weighted by atomic mass is 10.2. The molecule has 0 radical (unpaired) electrons. The standard InChI is InChI=1S/C20H20F2N2O4/c1-13(25)24-16-7-3-15(4-8-16)12-23-19(26)10-6-14-5-9-17(28-20(21)22)18(11-14)27-2/h3-11,20H,12H2,1-2H3,(H,23,26)(H,24,25). The second-order valence-corrected chi connectivity index (χ2v) is 5.72.